The molecule has 0 saturated carbocycles. The van der Waals surface area contributed by atoms with Crippen LogP contribution >= 0.6 is 0 Å². The zero-order valence-electron chi connectivity index (χ0n) is 20.7. The minimum Gasteiger partial charge on any atom is -0.365 e. The van der Waals surface area contributed by atoms with Crippen molar-refractivity contribution in [1.82, 2.24) is 24.8 Å². The first kappa shape index (κ1) is 23.0. The standard InChI is InChI=1S/C26H31N7O2/c1-16(2)33-15-19-22(25(33)35)29-26(32-11-7-10-21(32)24(34)31(3)4)30-23(19)28-14-17-12-18-8-5-6-9-20(18)27-13-17/h5-6,8-9,12-13,16,21H,7,10-11,14-15H2,1-4H3,(H,28,29,30)/t21-/m0/s1. The number of nitrogens with zero attached hydrogens (tertiary/aromatic N) is 6. The van der Waals surface area contributed by atoms with E-state index < -0.39 is 0 Å². The van der Waals surface area contributed by atoms with Gasteiger partial charge in [0.2, 0.25) is 11.9 Å². The smallest absolute Gasteiger partial charge is 0.273 e. The van der Waals surface area contributed by atoms with Gasteiger partial charge in [-0.25, -0.2) is 4.98 Å². The number of anilines is 2. The average Bonchev–Trinajstić information content (AvgIpc) is 3.47. The van der Waals surface area contributed by atoms with Gasteiger partial charge in [-0.2, -0.15) is 4.98 Å². The predicted molar refractivity (Wildman–Crippen MR) is 135 cm³/mol. The lowest BCUT2D eigenvalue weighted by molar-refractivity contribution is -0.129. The monoisotopic (exact) mass is 473 g/mol. The van der Waals surface area contributed by atoms with Crippen molar-refractivity contribution in [2.75, 3.05) is 30.9 Å². The summed E-state index contributed by atoms with van der Waals surface area (Å²) in [6.45, 7) is 5.65. The van der Waals surface area contributed by atoms with Crippen LogP contribution in [0.25, 0.3) is 10.9 Å². The molecule has 5 rings (SSSR count). The van der Waals surface area contributed by atoms with Gasteiger partial charge in [0.05, 0.1) is 12.1 Å². The molecule has 9 nitrogen and oxygen atoms in total. The van der Waals surface area contributed by atoms with E-state index >= 15 is 0 Å². The lowest BCUT2D eigenvalue weighted by Gasteiger charge is -2.26. The van der Waals surface area contributed by atoms with Gasteiger partial charge in [-0.05, 0) is 44.4 Å². The van der Waals surface area contributed by atoms with Gasteiger partial charge in [-0.15, -0.1) is 0 Å². The predicted octanol–water partition coefficient (Wildman–Crippen LogP) is 3.06. The molecule has 1 atom stereocenters. The van der Waals surface area contributed by atoms with Gasteiger partial charge in [0.15, 0.2) is 0 Å². The topological polar surface area (TPSA) is 94.6 Å². The molecule has 1 saturated heterocycles. The van der Waals surface area contributed by atoms with Crippen molar-refractivity contribution in [3.05, 3.63) is 53.3 Å². The molecule has 0 radical (unpaired) electrons. The van der Waals surface area contributed by atoms with E-state index in [1.165, 1.54) is 0 Å². The van der Waals surface area contributed by atoms with Crippen LogP contribution in [0.15, 0.2) is 36.5 Å². The van der Waals surface area contributed by atoms with Crippen LogP contribution in [0.5, 0.6) is 0 Å². The second-order valence-corrected chi connectivity index (χ2v) is 9.70. The summed E-state index contributed by atoms with van der Waals surface area (Å²) in [7, 11) is 3.52. The van der Waals surface area contributed by atoms with Crippen molar-refractivity contribution in [2.24, 2.45) is 0 Å². The van der Waals surface area contributed by atoms with Crippen LogP contribution in [0.2, 0.25) is 0 Å². The second kappa shape index (κ2) is 9.13. The fourth-order valence-electron chi connectivity index (χ4n) is 4.83. The molecule has 4 heterocycles. The van der Waals surface area contributed by atoms with Crippen molar-refractivity contribution in [3.8, 4) is 0 Å². The fourth-order valence-corrected chi connectivity index (χ4v) is 4.83. The maximum Gasteiger partial charge on any atom is 0.273 e. The summed E-state index contributed by atoms with van der Waals surface area (Å²) >= 11 is 0. The van der Waals surface area contributed by atoms with Crippen molar-refractivity contribution >= 4 is 34.5 Å². The maximum absolute atomic E-state index is 13.2. The summed E-state index contributed by atoms with van der Waals surface area (Å²) in [4.78, 5) is 45.5. The molecule has 182 valence electrons. The van der Waals surface area contributed by atoms with E-state index in [4.69, 9.17) is 9.97 Å². The van der Waals surface area contributed by atoms with Gasteiger partial charge in [-0.3, -0.25) is 14.6 Å². The minimum absolute atomic E-state index is 0.0264. The number of pyridine rings is 1. The molecule has 0 unspecified atom stereocenters. The lowest BCUT2D eigenvalue weighted by atomic mass is 10.1. The van der Waals surface area contributed by atoms with Crippen LogP contribution in [0, 0.1) is 0 Å². The number of fused-ring (bicyclic) bond motifs is 2. The van der Waals surface area contributed by atoms with Gasteiger partial charge in [0.25, 0.3) is 5.91 Å². The number of hydrogen-bond donors (Lipinski definition) is 1. The number of para-hydroxylation sites is 1. The molecule has 2 aliphatic heterocycles. The molecule has 2 amide bonds. The Morgan fingerprint density at radius 1 is 1.23 bits per heavy atom. The van der Waals surface area contributed by atoms with E-state index in [-0.39, 0.29) is 23.9 Å². The zero-order valence-corrected chi connectivity index (χ0v) is 20.7. The third-order valence-corrected chi connectivity index (χ3v) is 6.75. The maximum atomic E-state index is 13.2. The van der Waals surface area contributed by atoms with Crippen molar-refractivity contribution in [2.45, 2.75) is 51.9 Å². The van der Waals surface area contributed by atoms with Crippen molar-refractivity contribution in [1.29, 1.82) is 0 Å². The molecule has 0 spiro atoms. The van der Waals surface area contributed by atoms with E-state index in [9.17, 15) is 9.59 Å². The summed E-state index contributed by atoms with van der Waals surface area (Å²) in [6, 6.07) is 9.84. The summed E-state index contributed by atoms with van der Waals surface area (Å²) in [5.74, 6) is 0.999. The van der Waals surface area contributed by atoms with Crippen LogP contribution in [0.3, 0.4) is 0 Å². The van der Waals surface area contributed by atoms with E-state index in [0.717, 1.165) is 34.9 Å². The Morgan fingerprint density at radius 2 is 2.03 bits per heavy atom. The van der Waals surface area contributed by atoms with Crippen LogP contribution in [0.1, 0.15) is 48.3 Å². The number of amides is 2. The summed E-state index contributed by atoms with van der Waals surface area (Å²) in [6.07, 6.45) is 3.48. The first-order valence-electron chi connectivity index (χ1n) is 12.1. The summed E-state index contributed by atoms with van der Waals surface area (Å²) in [5, 5.41) is 4.52. The highest BCUT2D eigenvalue weighted by Crippen LogP contribution is 2.33. The molecule has 1 fully saturated rings. The number of nitrogens with one attached hydrogen (secondary N) is 1. The highest BCUT2D eigenvalue weighted by Gasteiger charge is 2.38. The lowest BCUT2D eigenvalue weighted by Crippen LogP contribution is -2.43. The molecule has 35 heavy (non-hydrogen) atoms. The van der Waals surface area contributed by atoms with Crippen LogP contribution in [-0.2, 0) is 17.9 Å². The van der Waals surface area contributed by atoms with Gasteiger partial charge in [-0.1, -0.05) is 18.2 Å². The molecule has 9 heteroatoms. The Bertz CT molecular complexity index is 1290. The van der Waals surface area contributed by atoms with Gasteiger partial charge in [0, 0.05) is 50.4 Å². The van der Waals surface area contributed by atoms with Gasteiger partial charge in [0.1, 0.15) is 17.6 Å². The number of carbonyl (C=O) groups excluding carboxylic acids is 2. The number of carbonyl (C=O) groups is 2. The van der Waals surface area contributed by atoms with E-state index in [0.29, 0.717) is 37.1 Å². The molecule has 2 aliphatic rings. The molecular weight excluding hydrogens is 442 g/mol. The first-order chi connectivity index (χ1) is 16.8. The van der Waals surface area contributed by atoms with E-state index in [1.54, 1.807) is 23.9 Å². The highest BCUT2D eigenvalue weighted by atomic mass is 16.2. The SMILES string of the molecule is CC(C)N1Cc2c(NCc3cnc4ccccc4c3)nc(N3CCC[C@H]3C(=O)N(C)C)nc2C1=O. The molecule has 0 bridgehead atoms. The Kier molecular flexibility index (Phi) is 6.00. The molecule has 3 aromatic rings. The van der Waals surface area contributed by atoms with Crippen LogP contribution in [-0.4, -0.2) is 69.3 Å². The van der Waals surface area contributed by atoms with E-state index in [2.05, 4.69) is 16.4 Å². The molecular formula is C26H31N7O2. The fraction of sp³-hybridized carbons (Fsp3) is 0.423. The highest BCUT2D eigenvalue weighted by molar-refractivity contribution is 5.98. The summed E-state index contributed by atoms with van der Waals surface area (Å²) in [5.41, 5.74) is 3.19. The Balaban J connectivity index is 1.49. The molecule has 1 N–H and O–H groups in total. The third-order valence-electron chi connectivity index (χ3n) is 6.75. The van der Waals surface area contributed by atoms with Gasteiger partial charge < -0.3 is 20.0 Å². The Hall–Kier alpha value is -3.75. The number of benzene rings is 1. The normalized spacial score (nSPS) is 17.4. The van der Waals surface area contributed by atoms with E-state index in [1.807, 2.05) is 49.2 Å². The number of rotatable bonds is 6. The quantitative estimate of drug-likeness (QED) is 0.588. The average molecular weight is 474 g/mol. The van der Waals surface area contributed by atoms with Crippen molar-refractivity contribution < 1.29 is 9.59 Å². The second-order valence-electron chi connectivity index (χ2n) is 9.70. The molecule has 1 aromatic carbocycles. The first-order valence-corrected chi connectivity index (χ1v) is 12.1. The van der Waals surface area contributed by atoms with Crippen molar-refractivity contribution in [3.63, 3.8) is 0 Å². The number of aromatic nitrogens is 3. The Morgan fingerprint density at radius 3 is 2.80 bits per heavy atom. The minimum atomic E-state index is -0.321. The number of likely N-dealkylation sites (N-methyl/N-ethyl adjacent to an activating group) is 1. The third kappa shape index (κ3) is 4.26. The van der Waals surface area contributed by atoms with Crippen LogP contribution in [0.4, 0.5) is 11.8 Å². The largest absolute Gasteiger partial charge is 0.365 e. The van der Waals surface area contributed by atoms with Crippen LogP contribution < -0.4 is 10.2 Å². The number of hydrogen-bond acceptors (Lipinski definition) is 7. The van der Waals surface area contributed by atoms with Gasteiger partial charge >= 0.3 is 0 Å². The Labute approximate surface area is 205 Å². The zero-order chi connectivity index (χ0) is 24.7. The molecule has 2 aromatic heterocycles. The summed E-state index contributed by atoms with van der Waals surface area (Å²) < 4.78 is 0. The molecule has 0 aliphatic carbocycles.